The number of hydrogen-bond donors (Lipinski definition) is 2. The largest absolute Gasteiger partial charge is 0.515 e. The molecule has 3 rings (SSSR count). The van der Waals surface area contributed by atoms with Crippen molar-refractivity contribution in [1.82, 2.24) is 4.90 Å². The van der Waals surface area contributed by atoms with Gasteiger partial charge in [-0.05, 0) is 25.1 Å². The van der Waals surface area contributed by atoms with E-state index in [4.69, 9.17) is 38.4 Å². The van der Waals surface area contributed by atoms with Crippen LogP contribution in [0.2, 0.25) is 10.0 Å². The van der Waals surface area contributed by atoms with Gasteiger partial charge in [0.15, 0.2) is 6.23 Å². The van der Waals surface area contributed by atoms with Crippen molar-refractivity contribution >= 4 is 46.7 Å². The Bertz CT molecular complexity index is 1030. The first-order valence-electron chi connectivity index (χ1n) is 9.31. The molecule has 2 aromatic carbocycles. The summed E-state index contributed by atoms with van der Waals surface area (Å²) < 4.78 is 10.6. The highest BCUT2D eigenvalue weighted by Gasteiger charge is 2.27. The van der Waals surface area contributed by atoms with Crippen molar-refractivity contribution in [1.29, 1.82) is 0 Å². The van der Waals surface area contributed by atoms with E-state index in [1.54, 1.807) is 36.1 Å². The normalized spacial score (nSPS) is 13.8. The highest BCUT2D eigenvalue weighted by atomic mass is 35.5. The number of halogens is 2. The van der Waals surface area contributed by atoms with Gasteiger partial charge in [-0.15, -0.1) is 10.1 Å². The molecule has 11 nitrogen and oxygen atoms in total. The van der Waals surface area contributed by atoms with Gasteiger partial charge in [0.25, 0.3) is 5.09 Å². The maximum atomic E-state index is 12.3. The van der Waals surface area contributed by atoms with Gasteiger partial charge in [0.05, 0.1) is 22.3 Å². The number of guanidine groups is 1. The lowest BCUT2D eigenvalue weighted by Crippen LogP contribution is -2.42. The lowest BCUT2D eigenvalue weighted by molar-refractivity contribution is -0.763. The first-order valence-corrected chi connectivity index (χ1v) is 10.1. The molecule has 13 heteroatoms. The van der Waals surface area contributed by atoms with Crippen LogP contribution in [0.1, 0.15) is 12.5 Å². The number of carbonyl (C=O) groups is 1. The summed E-state index contributed by atoms with van der Waals surface area (Å²) >= 11 is 12.4. The van der Waals surface area contributed by atoms with Crippen molar-refractivity contribution in [2.24, 2.45) is 4.99 Å². The van der Waals surface area contributed by atoms with Crippen LogP contribution in [0.15, 0.2) is 41.4 Å². The van der Waals surface area contributed by atoms with Gasteiger partial charge in [-0.1, -0.05) is 41.4 Å². The van der Waals surface area contributed by atoms with Crippen LogP contribution in [0.5, 0.6) is 5.75 Å². The second kappa shape index (κ2) is 10.2. The number of hydrogen-bond acceptors (Lipinski definition) is 10. The van der Waals surface area contributed by atoms with E-state index in [9.17, 15) is 14.9 Å². The first-order chi connectivity index (χ1) is 15.2. The molecule has 1 heterocycles. The molecule has 0 radical (unpaired) electrons. The van der Waals surface area contributed by atoms with Crippen LogP contribution in [0.4, 0.5) is 16.2 Å². The number of anilines is 2. The molecule has 0 saturated carbocycles. The van der Waals surface area contributed by atoms with E-state index >= 15 is 0 Å². The smallest absolute Gasteiger partial charge is 0.410 e. The second-order valence-electron chi connectivity index (χ2n) is 6.56. The molecule has 0 saturated heterocycles. The molecule has 0 fully saturated rings. The minimum atomic E-state index is -0.999. The Morgan fingerprint density at radius 2 is 2.03 bits per heavy atom. The van der Waals surface area contributed by atoms with Crippen LogP contribution in [0.25, 0.3) is 0 Å². The average molecular weight is 484 g/mol. The van der Waals surface area contributed by atoms with E-state index in [0.29, 0.717) is 46.0 Å². The third-order valence-corrected chi connectivity index (χ3v) is 4.97. The Hall–Kier alpha value is -3.44. The van der Waals surface area contributed by atoms with Crippen LogP contribution in [-0.4, -0.2) is 41.4 Å². The molecule has 170 valence electrons. The van der Waals surface area contributed by atoms with Gasteiger partial charge < -0.3 is 30.3 Å². The van der Waals surface area contributed by atoms with Crippen LogP contribution in [0, 0.1) is 10.1 Å². The number of nitrogen functional groups attached to an aromatic ring is 1. The summed E-state index contributed by atoms with van der Waals surface area (Å²) in [5.41, 5.74) is 6.87. The zero-order valence-corrected chi connectivity index (χ0v) is 18.3. The SMILES string of the molecule is CC(OC(=O)Oc1ccccc1CO[N+](=O)[O-])N1CCN=C1Nc1c(Cl)cc(N)cc1Cl. The number of nitrogens with zero attached hydrogens (tertiary/aromatic N) is 3. The third kappa shape index (κ3) is 5.83. The number of ether oxygens (including phenoxy) is 2. The lowest BCUT2D eigenvalue weighted by Gasteiger charge is -2.27. The molecule has 1 aliphatic heterocycles. The Balaban J connectivity index is 1.63. The Morgan fingerprint density at radius 1 is 1.34 bits per heavy atom. The predicted molar refractivity (Wildman–Crippen MR) is 118 cm³/mol. The van der Waals surface area contributed by atoms with E-state index in [2.05, 4.69) is 15.1 Å². The fraction of sp³-hybridized carbons (Fsp3) is 0.263. The zero-order chi connectivity index (χ0) is 23.3. The van der Waals surface area contributed by atoms with Gasteiger partial charge in [0.1, 0.15) is 12.4 Å². The monoisotopic (exact) mass is 483 g/mol. The molecule has 3 N–H and O–H groups in total. The van der Waals surface area contributed by atoms with Crippen molar-refractivity contribution in [3.8, 4) is 5.75 Å². The fourth-order valence-electron chi connectivity index (χ4n) is 2.91. The van der Waals surface area contributed by atoms with Crippen molar-refractivity contribution < 1.29 is 24.2 Å². The molecule has 1 unspecified atom stereocenters. The van der Waals surface area contributed by atoms with Gasteiger partial charge in [-0.2, -0.15) is 0 Å². The summed E-state index contributed by atoms with van der Waals surface area (Å²) in [7, 11) is 0. The summed E-state index contributed by atoms with van der Waals surface area (Å²) in [6, 6.07) is 9.34. The summed E-state index contributed by atoms with van der Waals surface area (Å²) in [6.45, 7) is 2.18. The Morgan fingerprint density at radius 3 is 2.72 bits per heavy atom. The van der Waals surface area contributed by atoms with Crippen LogP contribution < -0.4 is 15.8 Å². The number of carbonyl (C=O) groups excluding carboxylic acids is 1. The summed E-state index contributed by atoms with van der Waals surface area (Å²) in [5.74, 6) is 0.485. The summed E-state index contributed by atoms with van der Waals surface area (Å²) in [4.78, 5) is 33.1. The quantitative estimate of drug-likeness (QED) is 0.197. The number of para-hydroxylation sites is 1. The minimum Gasteiger partial charge on any atom is -0.410 e. The van der Waals surface area contributed by atoms with E-state index in [1.165, 1.54) is 12.1 Å². The van der Waals surface area contributed by atoms with Gasteiger partial charge >= 0.3 is 6.16 Å². The summed E-state index contributed by atoms with van der Waals surface area (Å²) in [5, 5.41) is 13.2. The highest BCUT2D eigenvalue weighted by Crippen LogP contribution is 2.33. The topological polar surface area (TPSA) is 142 Å². The molecular formula is C19H19Cl2N5O6. The summed E-state index contributed by atoms with van der Waals surface area (Å²) in [6.07, 6.45) is -1.76. The van der Waals surface area contributed by atoms with E-state index in [1.807, 2.05) is 0 Å². The van der Waals surface area contributed by atoms with E-state index < -0.39 is 17.5 Å². The van der Waals surface area contributed by atoms with Gasteiger partial charge in [0.2, 0.25) is 5.96 Å². The van der Waals surface area contributed by atoms with Crippen molar-refractivity contribution in [3.63, 3.8) is 0 Å². The van der Waals surface area contributed by atoms with E-state index in [-0.39, 0.29) is 12.4 Å². The molecule has 0 aromatic heterocycles. The van der Waals surface area contributed by atoms with E-state index in [0.717, 1.165) is 0 Å². The van der Waals surface area contributed by atoms with Crippen molar-refractivity contribution in [2.45, 2.75) is 19.8 Å². The molecule has 32 heavy (non-hydrogen) atoms. The molecule has 0 bridgehead atoms. The molecule has 0 amide bonds. The number of aliphatic imine (C=N–C) groups is 1. The molecule has 0 aliphatic carbocycles. The second-order valence-corrected chi connectivity index (χ2v) is 7.37. The Kier molecular flexibility index (Phi) is 7.44. The molecule has 1 atom stereocenters. The number of nitrogens with two attached hydrogens (primary N) is 1. The molecule has 1 aliphatic rings. The molecule has 2 aromatic rings. The van der Waals surface area contributed by atoms with Crippen LogP contribution in [0.3, 0.4) is 0 Å². The maximum absolute atomic E-state index is 12.3. The van der Waals surface area contributed by atoms with Crippen molar-refractivity contribution in [2.75, 3.05) is 24.1 Å². The highest BCUT2D eigenvalue weighted by molar-refractivity contribution is 6.40. The number of rotatable bonds is 7. The van der Waals surface area contributed by atoms with Gasteiger partial charge in [-0.3, -0.25) is 4.99 Å². The first kappa shape index (κ1) is 23.2. The zero-order valence-electron chi connectivity index (χ0n) is 16.8. The fourth-order valence-corrected chi connectivity index (χ4v) is 3.51. The predicted octanol–water partition coefficient (Wildman–Crippen LogP) is 3.93. The van der Waals surface area contributed by atoms with Crippen molar-refractivity contribution in [3.05, 3.63) is 62.1 Å². The van der Waals surface area contributed by atoms with Gasteiger partial charge in [0, 0.05) is 17.8 Å². The average Bonchev–Trinajstić information content (AvgIpc) is 3.18. The van der Waals surface area contributed by atoms with Gasteiger partial charge in [-0.25, -0.2) is 4.79 Å². The maximum Gasteiger partial charge on any atom is 0.515 e. The third-order valence-electron chi connectivity index (χ3n) is 4.37. The van der Waals surface area contributed by atoms with Crippen LogP contribution in [-0.2, 0) is 16.2 Å². The number of nitrogens with one attached hydrogen (secondary N) is 1. The molecule has 0 spiro atoms. The minimum absolute atomic E-state index is 0.0837. The number of benzene rings is 2. The van der Waals surface area contributed by atoms with Crippen LogP contribution >= 0.6 is 23.2 Å². The molecular weight excluding hydrogens is 465 g/mol. The lowest BCUT2D eigenvalue weighted by atomic mass is 10.2. The Labute approximate surface area is 192 Å². The standard InChI is InChI=1S/C19H19Cl2N5O6/c1-11(31-19(27)32-16-5-3-2-4-12(16)10-30-26(28)29)25-7-6-23-18(25)24-17-14(20)8-13(22)9-15(17)21/h2-5,8-9,11H,6-7,10,22H2,1H3,(H,23,24).